The Morgan fingerprint density at radius 1 is 1.35 bits per heavy atom. The molecule has 0 saturated heterocycles. The summed E-state index contributed by atoms with van der Waals surface area (Å²) in [5.41, 5.74) is 2.10. The molecule has 2 atom stereocenters. The van der Waals surface area contributed by atoms with E-state index in [0.717, 1.165) is 28.9 Å². The zero-order chi connectivity index (χ0) is 13.8. The second kappa shape index (κ2) is 6.46. The van der Waals surface area contributed by atoms with E-state index < -0.39 is 0 Å². The molecule has 2 heterocycles. The van der Waals surface area contributed by atoms with Gasteiger partial charge in [0.15, 0.2) is 0 Å². The average Bonchev–Trinajstić information content (AvgIpc) is 2.95. The van der Waals surface area contributed by atoms with Gasteiger partial charge in [0.05, 0.1) is 11.4 Å². The lowest BCUT2D eigenvalue weighted by Crippen LogP contribution is -2.33. The Balaban J connectivity index is 1.58. The second-order valence-electron chi connectivity index (χ2n) is 5.71. The smallest absolute Gasteiger partial charge is 0.142 e. The molecule has 0 bridgehead atoms. The summed E-state index contributed by atoms with van der Waals surface area (Å²) in [4.78, 5) is 9.03. The van der Waals surface area contributed by atoms with E-state index in [-0.39, 0.29) is 0 Å². The maximum Gasteiger partial charge on any atom is 0.142 e. The Hall–Kier alpha value is -1.26. The summed E-state index contributed by atoms with van der Waals surface area (Å²) in [7, 11) is 0. The van der Waals surface area contributed by atoms with Crippen molar-refractivity contribution in [1.82, 2.24) is 15.3 Å². The summed E-state index contributed by atoms with van der Waals surface area (Å²) in [5, 5.41) is 6.81. The van der Waals surface area contributed by atoms with E-state index in [4.69, 9.17) is 0 Å². The molecule has 0 aromatic carbocycles. The molecule has 1 aliphatic carbocycles. The summed E-state index contributed by atoms with van der Waals surface area (Å²) >= 11 is 1.68. The van der Waals surface area contributed by atoms with E-state index in [1.807, 2.05) is 24.4 Å². The van der Waals surface area contributed by atoms with E-state index in [9.17, 15) is 0 Å². The lowest BCUT2D eigenvalue weighted by molar-refractivity contribution is 0.300. The molecule has 3 rings (SSSR count). The van der Waals surface area contributed by atoms with Gasteiger partial charge in [-0.3, -0.25) is 4.98 Å². The average molecular weight is 287 g/mol. The number of rotatable bonds is 4. The first-order valence-corrected chi connectivity index (χ1v) is 8.28. The molecule has 0 amide bonds. The van der Waals surface area contributed by atoms with Crippen LogP contribution in [0.15, 0.2) is 29.8 Å². The molecule has 1 aliphatic rings. The number of nitrogens with one attached hydrogen (secondary N) is 1. The van der Waals surface area contributed by atoms with E-state index in [1.54, 1.807) is 11.3 Å². The molecule has 1 N–H and O–H groups in total. The Bertz CT molecular complexity index is 538. The quantitative estimate of drug-likeness (QED) is 0.927. The highest BCUT2D eigenvalue weighted by Crippen LogP contribution is 2.24. The Morgan fingerprint density at radius 2 is 2.30 bits per heavy atom. The number of pyridine rings is 1. The van der Waals surface area contributed by atoms with Gasteiger partial charge in [0.25, 0.3) is 0 Å². The van der Waals surface area contributed by atoms with Crippen molar-refractivity contribution < 1.29 is 0 Å². The molecule has 4 heteroatoms. The molecule has 1 fully saturated rings. The van der Waals surface area contributed by atoms with Crippen molar-refractivity contribution in [2.24, 2.45) is 5.92 Å². The summed E-state index contributed by atoms with van der Waals surface area (Å²) in [5.74, 6) is 0.862. The van der Waals surface area contributed by atoms with Gasteiger partial charge >= 0.3 is 0 Å². The van der Waals surface area contributed by atoms with Crippen LogP contribution in [0, 0.1) is 5.92 Å². The molecule has 106 valence electrons. The third kappa shape index (κ3) is 3.44. The standard InChI is InChI=1S/C16H21N3S/c1-12-5-4-6-13(9-12)18-10-14-11-20-16(19-14)15-7-2-3-8-17-15/h2-3,7-8,11-13,18H,4-6,9-10H2,1H3. The zero-order valence-corrected chi connectivity index (χ0v) is 12.7. The van der Waals surface area contributed by atoms with Gasteiger partial charge in [0.2, 0.25) is 0 Å². The van der Waals surface area contributed by atoms with Gasteiger partial charge in [0.1, 0.15) is 5.01 Å². The topological polar surface area (TPSA) is 37.8 Å². The van der Waals surface area contributed by atoms with Crippen LogP contribution in [0.25, 0.3) is 10.7 Å². The summed E-state index contributed by atoms with van der Waals surface area (Å²) in [6.07, 6.45) is 7.17. The number of hydrogen-bond donors (Lipinski definition) is 1. The van der Waals surface area contributed by atoms with Crippen LogP contribution in [0.1, 0.15) is 38.3 Å². The molecule has 0 radical (unpaired) electrons. The molecule has 2 aromatic rings. The molecule has 2 aromatic heterocycles. The van der Waals surface area contributed by atoms with Gasteiger partial charge in [-0.25, -0.2) is 4.98 Å². The fourth-order valence-corrected chi connectivity index (χ4v) is 3.66. The van der Waals surface area contributed by atoms with Gasteiger partial charge < -0.3 is 5.32 Å². The van der Waals surface area contributed by atoms with Crippen LogP contribution in [0.5, 0.6) is 0 Å². The van der Waals surface area contributed by atoms with Crippen LogP contribution in [-0.4, -0.2) is 16.0 Å². The molecule has 0 aliphatic heterocycles. The van der Waals surface area contributed by atoms with Crippen LogP contribution in [0.2, 0.25) is 0 Å². The molecular weight excluding hydrogens is 266 g/mol. The van der Waals surface area contributed by atoms with Crippen LogP contribution < -0.4 is 5.32 Å². The molecule has 20 heavy (non-hydrogen) atoms. The highest BCUT2D eigenvalue weighted by Gasteiger charge is 2.18. The molecule has 2 unspecified atom stereocenters. The largest absolute Gasteiger partial charge is 0.308 e. The monoisotopic (exact) mass is 287 g/mol. The minimum absolute atomic E-state index is 0.666. The van der Waals surface area contributed by atoms with Crippen LogP contribution in [0.3, 0.4) is 0 Å². The van der Waals surface area contributed by atoms with E-state index in [0.29, 0.717) is 6.04 Å². The van der Waals surface area contributed by atoms with Gasteiger partial charge in [-0.2, -0.15) is 0 Å². The highest BCUT2D eigenvalue weighted by molar-refractivity contribution is 7.13. The van der Waals surface area contributed by atoms with Crippen LogP contribution in [-0.2, 0) is 6.54 Å². The Morgan fingerprint density at radius 3 is 3.10 bits per heavy atom. The normalized spacial score (nSPS) is 22.9. The van der Waals surface area contributed by atoms with Gasteiger partial charge in [-0.1, -0.05) is 25.8 Å². The highest BCUT2D eigenvalue weighted by atomic mass is 32.1. The lowest BCUT2D eigenvalue weighted by Gasteiger charge is -2.27. The first kappa shape index (κ1) is 13.7. The number of aromatic nitrogens is 2. The third-order valence-electron chi connectivity index (χ3n) is 3.94. The molecule has 3 nitrogen and oxygen atoms in total. The minimum atomic E-state index is 0.666. The Labute approximate surface area is 124 Å². The molecular formula is C16H21N3S. The second-order valence-corrected chi connectivity index (χ2v) is 6.57. The summed E-state index contributed by atoms with van der Waals surface area (Å²) in [6.45, 7) is 3.23. The zero-order valence-electron chi connectivity index (χ0n) is 11.9. The van der Waals surface area contributed by atoms with Gasteiger partial charge in [0, 0.05) is 24.2 Å². The van der Waals surface area contributed by atoms with Crippen molar-refractivity contribution in [1.29, 1.82) is 0 Å². The number of nitrogens with zero attached hydrogens (tertiary/aromatic N) is 2. The van der Waals surface area contributed by atoms with E-state index in [1.165, 1.54) is 25.7 Å². The van der Waals surface area contributed by atoms with E-state index in [2.05, 4.69) is 27.6 Å². The molecule has 0 spiro atoms. The number of thiazole rings is 1. The third-order valence-corrected chi connectivity index (χ3v) is 4.86. The predicted octanol–water partition coefficient (Wildman–Crippen LogP) is 3.87. The Kier molecular flexibility index (Phi) is 4.43. The van der Waals surface area contributed by atoms with Crippen molar-refractivity contribution in [3.8, 4) is 10.7 Å². The van der Waals surface area contributed by atoms with Crippen LogP contribution >= 0.6 is 11.3 Å². The fraction of sp³-hybridized carbons (Fsp3) is 0.500. The maximum absolute atomic E-state index is 4.68. The van der Waals surface area contributed by atoms with E-state index >= 15 is 0 Å². The summed E-state index contributed by atoms with van der Waals surface area (Å²) < 4.78 is 0. The van der Waals surface area contributed by atoms with Crippen molar-refractivity contribution in [3.05, 3.63) is 35.5 Å². The maximum atomic E-state index is 4.68. The minimum Gasteiger partial charge on any atom is -0.308 e. The van der Waals surface area contributed by atoms with Crippen molar-refractivity contribution in [3.63, 3.8) is 0 Å². The van der Waals surface area contributed by atoms with Crippen LogP contribution in [0.4, 0.5) is 0 Å². The summed E-state index contributed by atoms with van der Waals surface area (Å²) in [6, 6.07) is 6.62. The van der Waals surface area contributed by atoms with Crippen molar-refractivity contribution >= 4 is 11.3 Å². The SMILES string of the molecule is CC1CCCC(NCc2csc(-c3ccccn3)n2)C1. The number of hydrogen-bond acceptors (Lipinski definition) is 4. The lowest BCUT2D eigenvalue weighted by atomic mass is 9.87. The predicted molar refractivity (Wildman–Crippen MR) is 83.6 cm³/mol. The van der Waals surface area contributed by atoms with Gasteiger partial charge in [-0.05, 0) is 30.9 Å². The first-order valence-electron chi connectivity index (χ1n) is 7.40. The van der Waals surface area contributed by atoms with Crippen molar-refractivity contribution in [2.75, 3.05) is 0 Å². The molecule has 1 saturated carbocycles. The van der Waals surface area contributed by atoms with Gasteiger partial charge in [-0.15, -0.1) is 11.3 Å². The fourth-order valence-electron chi connectivity index (χ4n) is 2.86. The van der Waals surface area contributed by atoms with Crippen molar-refractivity contribution in [2.45, 2.75) is 45.2 Å². The first-order chi connectivity index (χ1) is 9.81.